The van der Waals surface area contributed by atoms with Gasteiger partial charge in [-0.1, -0.05) is 27.7 Å². The lowest BCUT2D eigenvalue weighted by molar-refractivity contribution is 0.132. The van der Waals surface area contributed by atoms with E-state index in [1.54, 1.807) is 0 Å². The molecule has 0 bridgehead atoms. The van der Waals surface area contributed by atoms with Crippen LogP contribution in [0.15, 0.2) is 12.1 Å². The smallest absolute Gasteiger partial charge is 0.239 e. The van der Waals surface area contributed by atoms with Crippen LogP contribution >= 0.6 is 0 Å². The molecule has 0 saturated heterocycles. The molecular weight excluding hydrogens is 266 g/mol. The molecule has 0 fully saturated rings. The minimum absolute atomic E-state index is 0.442. The minimum atomic E-state index is 0.442. The molecule has 3 N–H and O–H groups in total. The highest BCUT2D eigenvalue weighted by molar-refractivity contribution is 5.53. The summed E-state index contributed by atoms with van der Waals surface area (Å²) in [6.45, 7) is 11.4. The zero-order valence-corrected chi connectivity index (χ0v) is 13.7. The Hall–Kier alpha value is -1.49. The molecule has 0 atom stereocenters. The summed E-state index contributed by atoms with van der Waals surface area (Å²) in [5.41, 5.74) is 6.42. The van der Waals surface area contributed by atoms with Crippen molar-refractivity contribution < 1.29 is 9.47 Å². The fourth-order valence-electron chi connectivity index (χ4n) is 1.58. The van der Waals surface area contributed by atoms with E-state index in [2.05, 4.69) is 38.0 Å². The van der Waals surface area contributed by atoms with Crippen LogP contribution in [0.1, 0.15) is 34.1 Å². The van der Waals surface area contributed by atoms with Crippen molar-refractivity contribution in [3.63, 3.8) is 0 Å². The van der Waals surface area contributed by atoms with Crippen molar-refractivity contribution in [2.45, 2.75) is 34.1 Å². The normalized spacial score (nSPS) is 11.1. The Morgan fingerprint density at radius 1 is 1.14 bits per heavy atom. The standard InChI is InChI=1S/C16H29N3O2/c1-12(2)7-9-20-10-8-18-15-6-5-14(17)16(19-15)21-11-13(3)4/h5-6,12-13H,7-11,17H2,1-4H3,(H,18,19). The van der Waals surface area contributed by atoms with Gasteiger partial charge in [-0.3, -0.25) is 0 Å². The lowest BCUT2D eigenvalue weighted by Gasteiger charge is -2.12. The van der Waals surface area contributed by atoms with Gasteiger partial charge in [-0.2, -0.15) is 4.98 Å². The molecule has 1 heterocycles. The van der Waals surface area contributed by atoms with Crippen molar-refractivity contribution in [1.82, 2.24) is 4.98 Å². The van der Waals surface area contributed by atoms with Crippen LogP contribution in [0.5, 0.6) is 5.88 Å². The molecule has 0 radical (unpaired) electrons. The highest BCUT2D eigenvalue weighted by Crippen LogP contribution is 2.21. The van der Waals surface area contributed by atoms with Gasteiger partial charge in [-0.25, -0.2) is 0 Å². The molecule has 5 nitrogen and oxygen atoms in total. The number of pyridine rings is 1. The first kappa shape index (κ1) is 17.6. The molecule has 0 spiro atoms. The van der Waals surface area contributed by atoms with Crippen LogP contribution in [-0.2, 0) is 4.74 Å². The first-order chi connectivity index (χ1) is 9.99. The van der Waals surface area contributed by atoms with E-state index in [0.717, 1.165) is 25.4 Å². The predicted molar refractivity (Wildman–Crippen MR) is 87.7 cm³/mol. The van der Waals surface area contributed by atoms with Crippen molar-refractivity contribution in [2.24, 2.45) is 11.8 Å². The molecule has 0 aliphatic rings. The van der Waals surface area contributed by atoms with Gasteiger partial charge < -0.3 is 20.5 Å². The molecular formula is C16H29N3O2. The highest BCUT2D eigenvalue weighted by Gasteiger charge is 2.05. The third kappa shape index (κ3) is 7.75. The minimum Gasteiger partial charge on any atom is -0.476 e. The Kier molecular flexibility index (Phi) is 7.90. The number of nitrogens with zero attached hydrogens (tertiary/aromatic N) is 1. The topological polar surface area (TPSA) is 69.4 Å². The van der Waals surface area contributed by atoms with Crippen molar-refractivity contribution in [3.05, 3.63) is 12.1 Å². The second kappa shape index (κ2) is 9.45. The summed E-state index contributed by atoms with van der Waals surface area (Å²) >= 11 is 0. The molecule has 5 heteroatoms. The summed E-state index contributed by atoms with van der Waals surface area (Å²) in [7, 11) is 0. The highest BCUT2D eigenvalue weighted by atomic mass is 16.5. The number of nitrogens with one attached hydrogen (secondary N) is 1. The summed E-state index contributed by atoms with van der Waals surface area (Å²) in [6.07, 6.45) is 1.09. The lowest BCUT2D eigenvalue weighted by atomic mass is 10.1. The zero-order chi connectivity index (χ0) is 15.7. The van der Waals surface area contributed by atoms with E-state index in [9.17, 15) is 0 Å². The molecule has 1 aromatic rings. The molecule has 0 aliphatic carbocycles. The number of ether oxygens (including phenoxy) is 2. The molecule has 0 aliphatic heterocycles. The van der Waals surface area contributed by atoms with E-state index in [0.29, 0.717) is 36.6 Å². The van der Waals surface area contributed by atoms with Gasteiger partial charge in [0, 0.05) is 13.2 Å². The van der Waals surface area contributed by atoms with Crippen molar-refractivity contribution in [2.75, 3.05) is 37.4 Å². The monoisotopic (exact) mass is 295 g/mol. The molecule has 0 amide bonds. The van der Waals surface area contributed by atoms with Crippen LogP contribution in [-0.4, -0.2) is 31.3 Å². The van der Waals surface area contributed by atoms with E-state index in [4.69, 9.17) is 15.2 Å². The van der Waals surface area contributed by atoms with Crippen molar-refractivity contribution >= 4 is 11.5 Å². The predicted octanol–water partition coefficient (Wildman–Crippen LogP) is 3.17. The molecule has 0 saturated carbocycles. The molecule has 21 heavy (non-hydrogen) atoms. The van der Waals surface area contributed by atoms with Gasteiger partial charge in [0.25, 0.3) is 0 Å². The van der Waals surface area contributed by atoms with Crippen LogP contribution in [0.4, 0.5) is 11.5 Å². The summed E-state index contributed by atoms with van der Waals surface area (Å²) in [5, 5.41) is 3.22. The average Bonchev–Trinajstić information content (AvgIpc) is 2.42. The number of hydrogen-bond acceptors (Lipinski definition) is 5. The number of rotatable bonds is 10. The molecule has 120 valence electrons. The largest absolute Gasteiger partial charge is 0.476 e. The van der Waals surface area contributed by atoms with Crippen LogP contribution in [0.25, 0.3) is 0 Å². The van der Waals surface area contributed by atoms with Crippen LogP contribution in [0, 0.1) is 11.8 Å². The second-order valence-electron chi connectivity index (χ2n) is 6.02. The van der Waals surface area contributed by atoms with E-state index in [1.807, 2.05) is 12.1 Å². The Labute approximate surface area is 128 Å². The maximum Gasteiger partial charge on any atom is 0.239 e. The van der Waals surface area contributed by atoms with Gasteiger partial charge in [-0.05, 0) is 30.4 Å². The summed E-state index contributed by atoms with van der Waals surface area (Å²) in [4.78, 5) is 4.38. The van der Waals surface area contributed by atoms with Gasteiger partial charge in [-0.15, -0.1) is 0 Å². The van der Waals surface area contributed by atoms with Crippen molar-refractivity contribution in [3.8, 4) is 5.88 Å². The van der Waals surface area contributed by atoms with Gasteiger partial charge in [0.1, 0.15) is 5.82 Å². The number of nitrogens with two attached hydrogens (primary N) is 1. The van der Waals surface area contributed by atoms with Gasteiger partial charge in [0.2, 0.25) is 5.88 Å². The van der Waals surface area contributed by atoms with Crippen LogP contribution in [0.2, 0.25) is 0 Å². The average molecular weight is 295 g/mol. The Morgan fingerprint density at radius 3 is 2.57 bits per heavy atom. The molecule has 1 rings (SSSR count). The van der Waals surface area contributed by atoms with E-state index >= 15 is 0 Å². The summed E-state index contributed by atoms with van der Waals surface area (Å²) in [6, 6.07) is 3.66. The molecule has 1 aromatic heterocycles. The fraction of sp³-hybridized carbons (Fsp3) is 0.688. The number of hydrogen-bond donors (Lipinski definition) is 2. The maximum absolute atomic E-state index is 5.86. The Balaban J connectivity index is 2.33. The third-order valence-corrected chi connectivity index (χ3v) is 2.84. The Morgan fingerprint density at radius 2 is 1.90 bits per heavy atom. The van der Waals surface area contributed by atoms with E-state index in [-0.39, 0.29) is 0 Å². The number of aromatic nitrogens is 1. The van der Waals surface area contributed by atoms with Crippen LogP contribution in [0.3, 0.4) is 0 Å². The first-order valence-electron chi connectivity index (χ1n) is 7.70. The fourth-order valence-corrected chi connectivity index (χ4v) is 1.58. The number of anilines is 2. The van der Waals surface area contributed by atoms with Crippen LogP contribution < -0.4 is 15.8 Å². The van der Waals surface area contributed by atoms with Gasteiger partial charge in [0.15, 0.2) is 0 Å². The first-order valence-corrected chi connectivity index (χ1v) is 7.70. The number of nitrogen functional groups attached to an aromatic ring is 1. The Bertz CT molecular complexity index is 409. The quantitative estimate of drug-likeness (QED) is 0.649. The molecule has 0 aromatic carbocycles. The summed E-state index contributed by atoms with van der Waals surface area (Å²) in [5.74, 6) is 2.37. The SMILES string of the molecule is CC(C)CCOCCNc1ccc(N)c(OCC(C)C)n1. The lowest BCUT2D eigenvalue weighted by Crippen LogP contribution is -2.13. The van der Waals surface area contributed by atoms with Gasteiger partial charge in [0.05, 0.1) is 18.9 Å². The zero-order valence-electron chi connectivity index (χ0n) is 13.7. The summed E-state index contributed by atoms with van der Waals surface area (Å²) < 4.78 is 11.2. The van der Waals surface area contributed by atoms with Gasteiger partial charge >= 0.3 is 0 Å². The second-order valence-corrected chi connectivity index (χ2v) is 6.02. The van der Waals surface area contributed by atoms with Crippen molar-refractivity contribution in [1.29, 1.82) is 0 Å². The maximum atomic E-state index is 5.86. The van der Waals surface area contributed by atoms with E-state index < -0.39 is 0 Å². The van der Waals surface area contributed by atoms with E-state index in [1.165, 1.54) is 0 Å². The molecule has 0 unspecified atom stereocenters. The third-order valence-electron chi connectivity index (χ3n) is 2.84.